The van der Waals surface area contributed by atoms with Crippen LogP contribution in [-0.4, -0.2) is 0 Å². The van der Waals surface area contributed by atoms with Crippen LogP contribution in [0.1, 0.15) is 0 Å². The van der Waals surface area contributed by atoms with Gasteiger partial charge >= 0.3 is 0 Å². The lowest BCUT2D eigenvalue weighted by Gasteiger charge is -2.28. The van der Waals surface area contributed by atoms with E-state index >= 15 is 0 Å². The van der Waals surface area contributed by atoms with Gasteiger partial charge in [0.2, 0.25) is 0 Å². The molecule has 1 heterocycles. The first-order chi connectivity index (χ1) is 27.8. The average molecular weight is 716 g/mol. The molecule has 0 aliphatic rings. The minimum absolute atomic E-state index is 0.857. The van der Waals surface area contributed by atoms with Crippen molar-refractivity contribution in [1.29, 1.82) is 0 Å². The fourth-order valence-corrected chi connectivity index (χ4v) is 7.91. The highest BCUT2D eigenvalue weighted by molar-refractivity contribution is 6.02. The van der Waals surface area contributed by atoms with Gasteiger partial charge in [-0.1, -0.05) is 182 Å². The Morgan fingerprint density at radius 1 is 0.321 bits per heavy atom. The van der Waals surface area contributed by atoms with E-state index in [1.165, 1.54) is 33.0 Å². The summed E-state index contributed by atoms with van der Waals surface area (Å²) in [6, 6.07) is 80.0. The number of furan rings is 1. The van der Waals surface area contributed by atoms with Crippen LogP contribution >= 0.6 is 0 Å². The third-order valence-electron chi connectivity index (χ3n) is 10.7. The van der Waals surface area contributed by atoms with Crippen molar-refractivity contribution in [1.82, 2.24) is 0 Å². The van der Waals surface area contributed by atoms with Crippen molar-refractivity contribution in [2.24, 2.45) is 0 Å². The molecular formula is C54H37NO. The molecule has 56 heavy (non-hydrogen) atoms. The van der Waals surface area contributed by atoms with E-state index < -0.39 is 0 Å². The molecule has 0 saturated heterocycles. The number of rotatable bonds is 8. The number of anilines is 3. The summed E-state index contributed by atoms with van der Waals surface area (Å²) in [5.74, 6) is 0.857. The molecule has 2 nitrogen and oxygen atoms in total. The van der Waals surface area contributed by atoms with Gasteiger partial charge in [-0.3, -0.25) is 0 Å². The SMILES string of the molecule is c1ccc(-c2ccc(-c3ccccc3N(c3ccc(-c4ccc5ccccc5c4)cc3)c3cccc(-c4oc5ccccc5c4-c4ccccc4)c3)cc2)cc1. The molecule has 9 aromatic carbocycles. The molecule has 264 valence electrons. The molecule has 0 bridgehead atoms. The number of hydrogen-bond acceptors (Lipinski definition) is 2. The highest BCUT2D eigenvalue weighted by atomic mass is 16.3. The summed E-state index contributed by atoms with van der Waals surface area (Å²) in [5.41, 5.74) is 14.4. The number of nitrogens with zero attached hydrogens (tertiary/aromatic N) is 1. The summed E-state index contributed by atoms with van der Waals surface area (Å²) >= 11 is 0. The van der Waals surface area contributed by atoms with E-state index in [0.717, 1.165) is 61.6 Å². The topological polar surface area (TPSA) is 16.4 Å². The Morgan fingerprint density at radius 2 is 0.893 bits per heavy atom. The van der Waals surface area contributed by atoms with Gasteiger partial charge in [-0.15, -0.1) is 0 Å². The number of benzene rings is 9. The maximum atomic E-state index is 6.70. The lowest BCUT2D eigenvalue weighted by atomic mass is 9.97. The molecule has 2 heteroatoms. The van der Waals surface area contributed by atoms with Crippen molar-refractivity contribution in [2.45, 2.75) is 0 Å². The van der Waals surface area contributed by atoms with Crippen LogP contribution in [0.25, 0.3) is 77.6 Å². The van der Waals surface area contributed by atoms with Gasteiger partial charge in [-0.2, -0.15) is 0 Å². The maximum absolute atomic E-state index is 6.70. The minimum atomic E-state index is 0.857. The molecule has 0 N–H and O–H groups in total. The van der Waals surface area contributed by atoms with E-state index in [9.17, 15) is 0 Å². The maximum Gasteiger partial charge on any atom is 0.143 e. The predicted octanol–water partition coefficient (Wildman–Crippen LogP) is 15.4. The zero-order valence-electron chi connectivity index (χ0n) is 30.7. The van der Waals surface area contributed by atoms with Crippen molar-refractivity contribution < 1.29 is 4.42 Å². The summed E-state index contributed by atoms with van der Waals surface area (Å²) in [5, 5.41) is 3.58. The molecule has 1 aromatic heterocycles. The standard InChI is InChI=1S/C54H37NO/c1-3-14-38(15-4-1)40-26-29-42(30-27-40)49-22-9-11-24-51(49)55(47-34-32-41(33-35-47)45-31-28-39-16-7-8-19-44(39)36-45)48-21-13-20-46(37-48)54-53(43-17-5-2-6-18-43)50-23-10-12-25-52(50)56-54/h1-37H. The van der Waals surface area contributed by atoms with E-state index in [1.54, 1.807) is 0 Å². The fourth-order valence-electron chi connectivity index (χ4n) is 7.91. The molecule has 0 fully saturated rings. The Labute approximate surface area is 327 Å². The van der Waals surface area contributed by atoms with Gasteiger partial charge in [-0.25, -0.2) is 0 Å². The van der Waals surface area contributed by atoms with Gasteiger partial charge in [-0.05, 0) is 86.6 Å². The largest absolute Gasteiger partial charge is 0.455 e. The highest BCUT2D eigenvalue weighted by Gasteiger charge is 2.21. The predicted molar refractivity (Wildman–Crippen MR) is 236 cm³/mol. The van der Waals surface area contributed by atoms with Gasteiger partial charge in [0.15, 0.2) is 0 Å². The Morgan fingerprint density at radius 3 is 1.70 bits per heavy atom. The van der Waals surface area contributed by atoms with Crippen LogP contribution in [0.2, 0.25) is 0 Å². The van der Waals surface area contributed by atoms with Crippen LogP contribution < -0.4 is 4.90 Å². The van der Waals surface area contributed by atoms with Crippen LogP contribution in [0, 0.1) is 0 Å². The van der Waals surface area contributed by atoms with Crippen molar-refractivity contribution in [2.75, 3.05) is 4.90 Å². The lowest BCUT2D eigenvalue weighted by Crippen LogP contribution is -2.11. The molecule has 0 radical (unpaired) electrons. The molecule has 10 rings (SSSR count). The van der Waals surface area contributed by atoms with Crippen LogP contribution in [0.3, 0.4) is 0 Å². The molecule has 0 aliphatic carbocycles. The van der Waals surface area contributed by atoms with E-state index in [-0.39, 0.29) is 0 Å². The molecule has 0 spiro atoms. The first-order valence-electron chi connectivity index (χ1n) is 19.1. The first-order valence-corrected chi connectivity index (χ1v) is 19.1. The van der Waals surface area contributed by atoms with Gasteiger partial charge in [0.05, 0.1) is 5.69 Å². The number of fused-ring (bicyclic) bond motifs is 2. The number of para-hydroxylation sites is 2. The van der Waals surface area contributed by atoms with Gasteiger partial charge in [0.25, 0.3) is 0 Å². The second kappa shape index (κ2) is 14.4. The average Bonchev–Trinajstić information content (AvgIpc) is 3.68. The third kappa shape index (κ3) is 6.24. The first kappa shape index (κ1) is 33.2. The molecule has 0 aliphatic heterocycles. The highest BCUT2D eigenvalue weighted by Crippen LogP contribution is 2.45. The van der Waals surface area contributed by atoms with Crippen molar-refractivity contribution in [3.63, 3.8) is 0 Å². The Balaban J connectivity index is 1.12. The van der Waals surface area contributed by atoms with Crippen LogP contribution in [0.4, 0.5) is 17.1 Å². The normalized spacial score (nSPS) is 11.2. The zero-order chi connectivity index (χ0) is 37.3. The van der Waals surface area contributed by atoms with Crippen LogP contribution in [0.15, 0.2) is 229 Å². The zero-order valence-corrected chi connectivity index (χ0v) is 30.7. The third-order valence-corrected chi connectivity index (χ3v) is 10.7. The van der Waals surface area contributed by atoms with E-state index in [2.05, 4.69) is 223 Å². The minimum Gasteiger partial charge on any atom is -0.455 e. The fraction of sp³-hybridized carbons (Fsp3) is 0. The quantitative estimate of drug-likeness (QED) is 0.156. The van der Waals surface area contributed by atoms with E-state index in [4.69, 9.17) is 4.42 Å². The van der Waals surface area contributed by atoms with Crippen LogP contribution in [-0.2, 0) is 0 Å². The van der Waals surface area contributed by atoms with Gasteiger partial charge < -0.3 is 9.32 Å². The van der Waals surface area contributed by atoms with Gasteiger partial charge in [0.1, 0.15) is 11.3 Å². The van der Waals surface area contributed by atoms with Crippen LogP contribution in [0.5, 0.6) is 0 Å². The molecule has 10 aromatic rings. The van der Waals surface area contributed by atoms with Crippen molar-refractivity contribution in [3.05, 3.63) is 224 Å². The molecule has 0 unspecified atom stereocenters. The smallest absolute Gasteiger partial charge is 0.143 e. The Hall–Kier alpha value is -7.42. The van der Waals surface area contributed by atoms with Crippen molar-refractivity contribution >= 4 is 38.8 Å². The summed E-state index contributed by atoms with van der Waals surface area (Å²) in [6.45, 7) is 0. The summed E-state index contributed by atoms with van der Waals surface area (Å²) < 4.78 is 6.70. The summed E-state index contributed by atoms with van der Waals surface area (Å²) in [7, 11) is 0. The second-order valence-corrected chi connectivity index (χ2v) is 14.1. The number of hydrogen-bond donors (Lipinski definition) is 0. The molecule has 0 amide bonds. The Bertz CT molecular complexity index is 2940. The van der Waals surface area contributed by atoms with E-state index in [0.29, 0.717) is 0 Å². The van der Waals surface area contributed by atoms with E-state index in [1.807, 2.05) is 6.07 Å². The summed E-state index contributed by atoms with van der Waals surface area (Å²) in [6.07, 6.45) is 0. The lowest BCUT2D eigenvalue weighted by molar-refractivity contribution is 0.632. The second-order valence-electron chi connectivity index (χ2n) is 14.1. The molecule has 0 saturated carbocycles. The van der Waals surface area contributed by atoms with Crippen molar-refractivity contribution in [3.8, 4) is 55.8 Å². The van der Waals surface area contributed by atoms with Gasteiger partial charge in [0, 0.05) is 33.5 Å². The summed E-state index contributed by atoms with van der Waals surface area (Å²) in [4.78, 5) is 2.37. The molecule has 0 atom stereocenters. The Kier molecular flexibility index (Phi) is 8.55. The monoisotopic (exact) mass is 715 g/mol. The molecular weight excluding hydrogens is 679 g/mol.